The van der Waals surface area contributed by atoms with Gasteiger partial charge in [-0.25, -0.2) is 0 Å². The number of nitrogens with two attached hydrogens (primary N) is 1. The maximum atomic E-state index is 9.18. The highest BCUT2D eigenvalue weighted by atomic mass is 16.3. The molecule has 0 fully saturated rings. The summed E-state index contributed by atoms with van der Waals surface area (Å²) in [4.78, 5) is 0. The molecule has 12 heavy (non-hydrogen) atoms. The van der Waals surface area contributed by atoms with Gasteiger partial charge in [0.15, 0.2) is 0 Å². The highest BCUT2D eigenvalue weighted by Crippen LogP contribution is 2.19. The van der Waals surface area contributed by atoms with Crippen molar-refractivity contribution >= 4 is 0 Å². The van der Waals surface area contributed by atoms with Crippen molar-refractivity contribution < 1.29 is 5.11 Å². The summed E-state index contributed by atoms with van der Waals surface area (Å²) in [6, 6.07) is 7.08. The fraction of sp³-hybridized carbons (Fsp3) is 0.200. The van der Waals surface area contributed by atoms with Crippen LogP contribution in [0.15, 0.2) is 36.9 Å². The standard InChI is InChI=1S/C10H13NO/c1-2-8(7-11)9-4-3-5-10(12)6-9/h2-6,8,12H,1,7,11H2. The Kier molecular flexibility index (Phi) is 2.88. The summed E-state index contributed by atoms with van der Waals surface area (Å²) in [5.41, 5.74) is 6.52. The third-order valence-corrected chi connectivity index (χ3v) is 1.84. The van der Waals surface area contributed by atoms with Crippen LogP contribution in [0.4, 0.5) is 0 Å². The first-order chi connectivity index (χ1) is 5.77. The highest BCUT2D eigenvalue weighted by Gasteiger charge is 2.04. The normalized spacial score (nSPS) is 12.4. The van der Waals surface area contributed by atoms with E-state index < -0.39 is 0 Å². The van der Waals surface area contributed by atoms with E-state index in [-0.39, 0.29) is 11.7 Å². The molecule has 0 bridgehead atoms. The fourth-order valence-electron chi connectivity index (χ4n) is 1.12. The van der Waals surface area contributed by atoms with Crippen molar-refractivity contribution in [1.29, 1.82) is 0 Å². The van der Waals surface area contributed by atoms with Crippen molar-refractivity contribution in [3.8, 4) is 5.75 Å². The lowest BCUT2D eigenvalue weighted by atomic mass is 9.99. The summed E-state index contributed by atoms with van der Waals surface area (Å²) in [6.45, 7) is 4.20. The van der Waals surface area contributed by atoms with Crippen LogP contribution < -0.4 is 5.73 Å². The molecule has 64 valence electrons. The second kappa shape index (κ2) is 3.93. The first-order valence-corrected chi connectivity index (χ1v) is 3.89. The van der Waals surface area contributed by atoms with E-state index in [2.05, 4.69) is 6.58 Å². The Bertz CT molecular complexity index is 270. The van der Waals surface area contributed by atoms with Crippen LogP contribution in [0.1, 0.15) is 11.5 Å². The molecule has 2 nitrogen and oxygen atoms in total. The van der Waals surface area contributed by atoms with Gasteiger partial charge in [-0.1, -0.05) is 18.2 Å². The quantitative estimate of drug-likeness (QED) is 0.665. The molecule has 0 amide bonds. The number of aromatic hydroxyl groups is 1. The smallest absolute Gasteiger partial charge is 0.115 e. The monoisotopic (exact) mass is 163 g/mol. The summed E-state index contributed by atoms with van der Waals surface area (Å²) in [6.07, 6.45) is 1.79. The number of phenolic OH excluding ortho intramolecular Hbond substituents is 1. The molecule has 0 aliphatic carbocycles. The van der Waals surface area contributed by atoms with Crippen LogP contribution in [0.2, 0.25) is 0 Å². The largest absolute Gasteiger partial charge is 0.508 e. The lowest BCUT2D eigenvalue weighted by Crippen LogP contribution is -2.09. The van der Waals surface area contributed by atoms with Crippen LogP contribution in [0.25, 0.3) is 0 Å². The van der Waals surface area contributed by atoms with Crippen molar-refractivity contribution in [2.75, 3.05) is 6.54 Å². The molecule has 2 heteroatoms. The van der Waals surface area contributed by atoms with Crippen molar-refractivity contribution in [1.82, 2.24) is 0 Å². The van der Waals surface area contributed by atoms with Crippen molar-refractivity contribution in [2.24, 2.45) is 5.73 Å². The van der Waals surface area contributed by atoms with Gasteiger partial charge in [-0.2, -0.15) is 0 Å². The van der Waals surface area contributed by atoms with E-state index in [9.17, 15) is 5.11 Å². The zero-order valence-corrected chi connectivity index (χ0v) is 6.90. The molecule has 1 aromatic carbocycles. The Morgan fingerprint density at radius 3 is 2.83 bits per heavy atom. The minimum Gasteiger partial charge on any atom is -0.508 e. The Morgan fingerprint density at radius 1 is 1.58 bits per heavy atom. The molecular weight excluding hydrogens is 150 g/mol. The molecule has 0 aliphatic heterocycles. The first-order valence-electron chi connectivity index (χ1n) is 3.89. The summed E-state index contributed by atoms with van der Waals surface area (Å²) in [5, 5.41) is 9.18. The van der Waals surface area contributed by atoms with E-state index >= 15 is 0 Å². The van der Waals surface area contributed by atoms with E-state index in [0.717, 1.165) is 5.56 Å². The Hall–Kier alpha value is -1.28. The molecule has 0 aromatic heterocycles. The number of hydrogen-bond donors (Lipinski definition) is 2. The van der Waals surface area contributed by atoms with Gasteiger partial charge < -0.3 is 10.8 Å². The fourth-order valence-corrected chi connectivity index (χ4v) is 1.12. The first kappa shape index (κ1) is 8.81. The van der Waals surface area contributed by atoms with Crippen molar-refractivity contribution in [2.45, 2.75) is 5.92 Å². The van der Waals surface area contributed by atoms with Gasteiger partial charge in [0, 0.05) is 12.5 Å². The van der Waals surface area contributed by atoms with E-state index in [1.54, 1.807) is 24.3 Å². The summed E-state index contributed by atoms with van der Waals surface area (Å²) in [5.74, 6) is 0.407. The van der Waals surface area contributed by atoms with E-state index in [1.807, 2.05) is 6.07 Å². The van der Waals surface area contributed by atoms with E-state index in [0.29, 0.717) is 6.54 Å². The van der Waals surface area contributed by atoms with Gasteiger partial charge in [0.2, 0.25) is 0 Å². The Balaban J connectivity index is 2.93. The molecule has 1 unspecified atom stereocenters. The van der Waals surface area contributed by atoms with Crippen LogP contribution in [0.5, 0.6) is 5.75 Å². The topological polar surface area (TPSA) is 46.2 Å². The molecule has 1 rings (SSSR count). The van der Waals surface area contributed by atoms with Crippen LogP contribution in [-0.2, 0) is 0 Å². The third kappa shape index (κ3) is 1.86. The maximum Gasteiger partial charge on any atom is 0.115 e. The number of rotatable bonds is 3. The minimum absolute atomic E-state index is 0.136. The molecule has 0 heterocycles. The van der Waals surface area contributed by atoms with Crippen LogP contribution >= 0.6 is 0 Å². The van der Waals surface area contributed by atoms with Crippen LogP contribution in [0, 0.1) is 0 Å². The average Bonchev–Trinajstić information content (AvgIpc) is 2.07. The van der Waals surface area contributed by atoms with Gasteiger partial charge in [0.1, 0.15) is 5.75 Å². The number of benzene rings is 1. The van der Waals surface area contributed by atoms with E-state index in [1.165, 1.54) is 0 Å². The van der Waals surface area contributed by atoms with Gasteiger partial charge in [-0.3, -0.25) is 0 Å². The summed E-state index contributed by atoms with van der Waals surface area (Å²) >= 11 is 0. The molecule has 1 atom stereocenters. The number of phenols is 1. The molecule has 0 spiro atoms. The maximum absolute atomic E-state index is 9.18. The molecule has 0 aliphatic rings. The van der Waals surface area contributed by atoms with Crippen molar-refractivity contribution in [3.63, 3.8) is 0 Å². The average molecular weight is 163 g/mol. The lowest BCUT2D eigenvalue weighted by Gasteiger charge is -2.09. The van der Waals surface area contributed by atoms with E-state index in [4.69, 9.17) is 5.73 Å². The Morgan fingerprint density at radius 2 is 2.33 bits per heavy atom. The Labute approximate surface area is 72.3 Å². The minimum atomic E-state index is 0.136. The summed E-state index contributed by atoms with van der Waals surface area (Å²) in [7, 11) is 0. The molecular formula is C10H13NO. The van der Waals surface area contributed by atoms with Gasteiger partial charge in [0.05, 0.1) is 0 Å². The molecule has 0 radical (unpaired) electrons. The van der Waals surface area contributed by atoms with Crippen LogP contribution in [0.3, 0.4) is 0 Å². The number of hydrogen-bond acceptors (Lipinski definition) is 2. The molecule has 1 aromatic rings. The zero-order chi connectivity index (χ0) is 8.97. The molecule has 0 saturated heterocycles. The second-order valence-electron chi connectivity index (χ2n) is 2.67. The van der Waals surface area contributed by atoms with Crippen molar-refractivity contribution in [3.05, 3.63) is 42.5 Å². The summed E-state index contributed by atoms with van der Waals surface area (Å²) < 4.78 is 0. The van der Waals surface area contributed by atoms with Crippen LogP contribution in [-0.4, -0.2) is 11.7 Å². The molecule has 3 N–H and O–H groups in total. The second-order valence-corrected chi connectivity index (χ2v) is 2.67. The van der Waals surface area contributed by atoms with Gasteiger partial charge in [-0.15, -0.1) is 6.58 Å². The SMILES string of the molecule is C=CC(CN)c1cccc(O)c1. The van der Waals surface area contributed by atoms with Gasteiger partial charge >= 0.3 is 0 Å². The van der Waals surface area contributed by atoms with Gasteiger partial charge in [-0.05, 0) is 17.7 Å². The highest BCUT2D eigenvalue weighted by molar-refractivity contribution is 5.31. The predicted octanol–water partition coefficient (Wildman–Crippen LogP) is 1.62. The molecule has 0 saturated carbocycles. The predicted molar refractivity (Wildman–Crippen MR) is 50.1 cm³/mol. The third-order valence-electron chi connectivity index (χ3n) is 1.84. The lowest BCUT2D eigenvalue weighted by molar-refractivity contribution is 0.474. The zero-order valence-electron chi connectivity index (χ0n) is 6.90. The van der Waals surface area contributed by atoms with Gasteiger partial charge in [0.25, 0.3) is 0 Å².